The van der Waals surface area contributed by atoms with Crippen LogP contribution >= 0.6 is 11.3 Å². The fourth-order valence-corrected chi connectivity index (χ4v) is 3.76. The SMILES string of the molecule is CC(N)C(c1cccs1)N1Cc2ccccc2C1. The molecule has 1 aliphatic heterocycles. The number of benzene rings is 1. The topological polar surface area (TPSA) is 29.3 Å². The normalized spacial score (nSPS) is 18.6. The first-order valence-corrected chi connectivity index (χ1v) is 7.23. The van der Waals surface area contributed by atoms with Gasteiger partial charge in [-0.2, -0.15) is 0 Å². The van der Waals surface area contributed by atoms with E-state index in [9.17, 15) is 0 Å². The van der Waals surface area contributed by atoms with Crippen LogP contribution in [0.5, 0.6) is 0 Å². The van der Waals surface area contributed by atoms with Crippen molar-refractivity contribution in [3.8, 4) is 0 Å². The Balaban J connectivity index is 1.87. The summed E-state index contributed by atoms with van der Waals surface area (Å²) >= 11 is 1.80. The average molecular weight is 258 g/mol. The van der Waals surface area contributed by atoms with Crippen molar-refractivity contribution in [3.05, 3.63) is 57.8 Å². The molecule has 18 heavy (non-hydrogen) atoms. The Morgan fingerprint density at radius 2 is 1.78 bits per heavy atom. The molecule has 2 aromatic rings. The molecule has 0 spiro atoms. The molecule has 2 atom stereocenters. The fourth-order valence-electron chi connectivity index (χ4n) is 2.79. The molecule has 0 bridgehead atoms. The number of hydrogen-bond donors (Lipinski definition) is 1. The standard InChI is InChI=1S/C15H18N2S/c1-11(16)15(14-7-4-8-18-14)17-9-12-5-2-3-6-13(12)10-17/h2-8,11,15H,9-10,16H2,1H3. The van der Waals surface area contributed by atoms with Crippen LogP contribution in [0.4, 0.5) is 0 Å². The lowest BCUT2D eigenvalue weighted by atomic mass is 10.1. The molecule has 2 nitrogen and oxygen atoms in total. The van der Waals surface area contributed by atoms with E-state index in [1.54, 1.807) is 11.3 Å². The molecule has 2 heterocycles. The molecule has 0 radical (unpaired) electrons. The van der Waals surface area contributed by atoms with E-state index in [1.807, 2.05) is 0 Å². The highest BCUT2D eigenvalue weighted by Gasteiger charge is 2.29. The number of fused-ring (bicyclic) bond motifs is 1. The molecule has 1 aliphatic rings. The molecule has 0 fully saturated rings. The Labute approximate surface area is 112 Å². The first-order chi connectivity index (χ1) is 8.75. The first-order valence-electron chi connectivity index (χ1n) is 6.35. The van der Waals surface area contributed by atoms with Crippen LogP contribution < -0.4 is 5.73 Å². The monoisotopic (exact) mass is 258 g/mol. The Kier molecular flexibility index (Phi) is 3.20. The zero-order valence-corrected chi connectivity index (χ0v) is 11.4. The van der Waals surface area contributed by atoms with Crippen molar-refractivity contribution in [3.63, 3.8) is 0 Å². The van der Waals surface area contributed by atoms with Crippen molar-refractivity contribution in [1.29, 1.82) is 0 Å². The molecule has 1 aromatic carbocycles. The van der Waals surface area contributed by atoms with E-state index in [0.717, 1.165) is 13.1 Å². The summed E-state index contributed by atoms with van der Waals surface area (Å²) in [5.74, 6) is 0. The minimum Gasteiger partial charge on any atom is -0.326 e. The van der Waals surface area contributed by atoms with Gasteiger partial charge in [-0.25, -0.2) is 0 Å². The lowest BCUT2D eigenvalue weighted by molar-refractivity contribution is 0.181. The van der Waals surface area contributed by atoms with Crippen molar-refractivity contribution < 1.29 is 0 Å². The molecule has 1 aromatic heterocycles. The number of nitrogens with zero attached hydrogens (tertiary/aromatic N) is 1. The van der Waals surface area contributed by atoms with E-state index in [1.165, 1.54) is 16.0 Å². The average Bonchev–Trinajstić information content (AvgIpc) is 2.97. The predicted molar refractivity (Wildman–Crippen MR) is 76.4 cm³/mol. The highest BCUT2D eigenvalue weighted by molar-refractivity contribution is 7.10. The second kappa shape index (κ2) is 4.84. The Morgan fingerprint density at radius 3 is 2.28 bits per heavy atom. The van der Waals surface area contributed by atoms with Gasteiger partial charge in [-0.3, -0.25) is 4.90 Å². The number of hydrogen-bond acceptors (Lipinski definition) is 3. The smallest absolute Gasteiger partial charge is 0.0596 e. The zero-order valence-electron chi connectivity index (χ0n) is 10.5. The predicted octanol–water partition coefficient (Wildman–Crippen LogP) is 3.15. The van der Waals surface area contributed by atoms with Crippen LogP contribution in [0.1, 0.15) is 29.0 Å². The van der Waals surface area contributed by atoms with Crippen LogP contribution in [0.25, 0.3) is 0 Å². The lowest BCUT2D eigenvalue weighted by Gasteiger charge is -2.29. The Hall–Kier alpha value is -1.16. The molecular weight excluding hydrogens is 240 g/mol. The van der Waals surface area contributed by atoms with E-state index in [-0.39, 0.29) is 6.04 Å². The summed E-state index contributed by atoms with van der Waals surface area (Å²) in [6.07, 6.45) is 0. The molecule has 3 rings (SSSR count). The third kappa shape index (κ3) is 2.09. The zero-order chi connectivity index (χ0) is 12.5. The Bertz CT molecular complexity index is 494. The number of nitrogens with two attached hydrogens (primary N) is 1. The number of rotatable bonds is 3. The molecule has 0 aliphatic carbocycles. The van der Waals surface area contributed by atoms with Crippen molar-refractivity contribution in [2.75, 3.05) is 0 Å². The second-order valence-electron chi connectivity index (χ2n) is 4.99. The van der Waals surface area contributed by atoms with Crippen LogP contribution in [0, 0.1) is 0 Å². The summed E-state index contributed by atoms with van der Waals surface area (Å²) in [4.78, 5) is 3.86. The van der Waals surface area contributed by atoms with Crippen molar-refractivity contribution in [2.45, 2.75) is 32.1 Å². The fraction of sp³-hybridized carbons (Fsp3) is 0.333. The van der Waals surface area contributed by atoms with Crippen molar-refractivity contribution in [1.82, 2.24) is 4.90 Å². The Morgan fingerprint density at radius 1 is 1.11 bits per heavy atom. The van der Waals surface area contributed by atoms with E-state index in [0.29, 0.717) is 6.04 Å². The molecule has 2 N–H and O–H groups in total. The van der Waals surface area contributed by atoms with Gasteiger partial charge in [0.2, 0.25) is 0 Å². The second-order valence-corrected chi connectivity index (χ2v) is 5.97. The van der Waals surface area contributed by atoms with E-state index >= 15 is 0 Å². The quantitative estimate of drug-likeness (QED) is 0.916. The molecule has 2 unspecified atom stereocenters. The largest absolute Gasteiger partial charge is 0.326 e. The molecular formula is C15H18N2S. The van der Waals surface area contributed by atoms with Gasteiger partial charge in [-0.05, 0) is 29.5 Å². The number of thiophene rings is 1. The van der Waals surface area contributed by atoms with E-state index in [4.69, 9.17) is 5.73 Å². The van der Waals surface area contributed by atoms with Gasteiger partial charge in [0.25, 0.3) is 0 Å². The van der Waals surface area contributed by atoms with Gasteiger partial charge in [-0.1, -0.05) is 30.3 Å². The molecule has 0 amide bonds. The van der Waals surface area contributed by atoms with Crippen molar-refractivity contribution >= 4 is 11.3 Å². The maximum Gasteiger partial charge on any atom is 0.0596 e. The summed E-state index contributed by atoms with van der Waals surface area (Å²) in [5, 5.41) is 2.13. The highest BCUT2D eigenvalue weighted by atomic mass is 32.1. The van der Waals surface area contributed by atoms with Gasteiger partial charge >= 0.3 is 0 Å². The van der Waals surface area contributed by atoms with Crippen LogP contribution in [0.2, 0.25) is 0 Å². The van der Waals surface area contributed by atoms with Gasteiger partial charge in [0.15, 0.2) is 0 Å². The minimum absolute atomic E-state index is 0.151. The minimum atomic E-state index is 0.151. The van der Waals surface area contributed by atoms with Gasteiger partial charge in [0, 0.05) is 24.0 Å². The first kappa shape index (κ1) is 11.9. The lowest BCUT2D eigenvalue weighted by Crippen LogP contribution is -2.36. The van der Waals surface area contributed by atoms with Gasteiger partial charge < -0.3 is 5.73 Å². The van der Waals surface area contributed by atoms with Crippen LogP contribution in [0.15, 0.2) is 41.8 Å². The maximum absolute atomic E-state index is 6.21. The van der Waals surface area contributed by atoms with Crippen LogP contribution in [0.3, 0.4) is 0 Å². The highest BCUT2D eigenvalue weighted by Crippen LogP contribution is 2.34. The molecule has 3 heteroatoms. The summed E-state index contributed by atoms with van der Waals surface area (Å²) in [6, 6.07) is 13.5. The van der Waals surface area contributed by atoms with Gasteiger partial charge in [0.05, 0.1) is 6.04 Å². The molecule has 94 valence electrons. The maximum atomic E-state index is 6.21. The summed E-state index contributed by atoms with van der Waals surface area (Å²) in [6.45, 7) is 4.13. The van der Waals surface area contributed by atoms with E-state index in [2.05, 4.69) is 53.6 Å². The van der Waals surface area contributed by atoms with Crippen LogP contribution in [-0.4, -0.2) is 10.9 Å². The van der Waals surface area contributed by atoms with Gasteiger partial charge in [0.1, 0.15) is 0 Å². The van der Waals surface area contributed by atoms with E-state index < -0.39 is 0 Å². The third-order valence-corrected chi connectivity index (χ3v) is 4.53. The molecule has 0 saturated carbocycles. The summed E-state index contributed by atoms with van der Waals surface area (Å²) in [7, 11) is 0. The molecule has 0 saturated heterocycles. The summed E-state index contributed by atoms with van der Waals surface area (Å²) in [5.41, 5.74) is 9.10. The summed E-state index contributed by atoms with van der Waals surface area (Å²) < 4.78 is 0. The third-order valence-electron chi connectivity index (χ3n) is 3.59. The van der Waals surface area contributed by atoms with Gasteiger partial charge in [-0.15, -0.1) is 11.3 Å². The van der Waals surface area contributed by atoms with Crippen molar-refractivity contribution in [2.24, 2.45) is 5.73 Å². The van der Waals surface area contributed by atoms with Crippen LogP contribution in [-0.2, 0) is 13.1 Å².